The standard InChI is InChI=1S/C26H39ClN6O/c1-6-7-8-9-10-11-12-13-16-28-25(34)29-20-17-19(15-14-18(20)2)23-30-24-21(27)22(26(3,4)5)31-33(24)32-23/h14-15,17H,6-13,16H2,1-5H3,(H,30,32)(H2,28,29,34). The van der Waals surface area contributed by atoms with Crippen LogP contribution in [0.15, 0.2) is 18.2 Å². The van der Waals surface area contributed by atoms with Crippen LogP contribution in [0.5, 0.6) is 0 Å². The van der Waals surface area contributed by atoms with Crippen LogP contribution >= 0.6 is 11.6 Å². The Kier molecular flexibility index (Phi) is 9.00. The summed E-state index contributed by atoms with van der Waals surface area (Å²) >= 11 is 6.56. The highest BCUT2D eigenvalue weighted by atomic mass is 35.5. The molecule has 0 spiro atoms. The van der Waals surface area contributed by atoms with Crippen LogP contribution in [0.2, 0.25) is 5.02 Å². The molecule has 3 rings (SSSR count). The van der Waals surface area contributed by atoms with E-state index in [0.29, 0.717) is 23.0 Å². The monoisotopic (exact) mass is 486 g/mol. The molecule has 0 radical (unpaired) electrons. The fraction of sp³-hybridized carbons (Fsp3) is 0.577. The van der Waals surface area contributed by atoms with Crippen LogP contribution in [0.4, 0.5) is 10.5 Å². The van der Waals surface area contributed by atoms with E-state index in [2.05, 4.69) is 53.5 Å². The molecular weight excluding hydrogens is 448 g/mol. The van der Waals surface area contributed by atoms with Gasteiger partial charge in [-0.2, -0.15) is 5.10 Å². The molecule has 186 valence electrons. The van der Waals surface area contributed by atoms with E-state index in [0.717, 1.165) is 35.3 Å². The molecule has 0 aliphatic heterocycles. The number of amides is 2. The van der Waals surface area contributed by atoms with Gasteiger partial charge in [0.05, 0.1) is 5.69 Å². The van der Waals surface area contributed by atoms with Gasteiger partial charge < -0.3 is 15.6 Å². The smallest absolute Gasteiger partial charge is 0.319 e. The number of hydrogen-bond acceptors (Lipinski definition) is 3. The van der Waals surface area contributed by atoms with E-state index in [4.69, 9.17) is 11.6 Å². The van der Waals surface area contributed by atoms with Gasteiger partial charge in [-0.15, -0.1) is 9.73 Å². The zero-order valence-corrected chi connectivity index (χ0v) is 22.0. The van der Waals surface area contributed by atoms with Crippen molar-refractivity contribution in [1.29, 1.82) is 0 Å². The van der Waals surface area contributed by atoms with E-state index in [1.54, 1.807) is 4.63 Å². The number of H-pyrrole nitrogens is 1. The highest BCUT2D eigenvalue weighted by Crippen LogP contribution is 2.32. The van der Waals surface area contributed by atoms with Gasteiger partial charge in [0.15, 0.2) is 11.5 Å². The highest BCUT2D eigenvalue weighted by Gasteiger charge is 2.25. The first-order valence-corrected chi connectivity index (χ1v) is 12.9. The summed E-state index contributed by atoms with van der Waals surface area (Å²) in [6.07, 6.45) is 9.96. The summed E-state index contributed by atoms with van der Waals surface area (Å²) in [6, 6.07) is 5.67. The molecule has 3 N–H and O–H groups in total. The number of rotatable bonds is 11. The van der Waals surface area contributed by atoms with Gasteiger partial charge in [0.25, 0.3) is 0 Å². The minimum absolute atomic E-state index is 0.172. The molecule has 8 heteroatoms. The van der Waals surface area contributed by atoms with Gasteiger partial charge in [-0.1, -0.05) is 96.4 Å². The Hall–Kier alpha value is -2.54. The number of anilines is 1. The summed E-state index contributed by atoms with van der Waals surface area (Å²) in [7, 11) is 0. The molecule has 3 aromatic rings. The number of nitrogens with zero attached hydrogens (tertiary/aromatic N) is 3. The van der Waals surface area contributed by atoms with Crippen molar-refractivity contribution in [2.45, 2.75) is 91.4 Å². The number of unbranched alkanes of at least 4 members (excludes halogenated alkanes) is 7. The molecule has 2 heterocycles. The van der Waals surface area contributed by atoms with Crippen LogP contribution in [0.1, 0.15) is 90.3 Å². The minimum atomic E-state index is -0.185. The molecular formula is C26H39ClN6O. The number of carbonyl (C=O) groups excluding carboxylic acids is 1. The van der Waals surface area contributed by atoms with E-state index in [1.807, 2.05) is 25.1 Å². The van der Waals surface area contributed by atoms with Crippen LogP contribution in [0, 0.1) is 6.92 Å². The zero-order chi connectivity index (χ0) is 24.7. The predicted molar refractivity (Wildman–Crippen MR) is 141 cm³/mol. The molecule has 1 aromatic carbocycles. The van der Waals surface area contributed by atoms with Crippen LogP contribution < -0.4 is 10.6 Å². The van der Waals surface area contributed by atoms with Crippen molar-refractivity contribution in [2.75, 3.05) is 11.9 Å². The number of benzene rings is 1. The van der Waals surface area contributed by atoms with Gasteiger partial charge in [0, 0.05) is 23.2 Å². The average molecular weight is 487 g/mol. The number of fused-ring (bicyclic) bond motifs is 1. The van der Waals surface area contributed by atoms with E-state index < -0.39 is 0 Å². The molecule has 0 saturated carbocycles. The number of nitrogens with one attached hydrogen (secondary N) is 3. The summed E-state index contributed by atoms with van der Waals surface area (Å²) in [4.78, 5) is 15.7. The molecule has 0 unspecified atom stereocenters. The normalized spacial score (nSPS) is 11.8. The Balaban J connectivity index is 1.55. The molecule has 0 atom stereocenters. The van der Waals surface area contributed by atoms with Crippen molar-refractivity contribution in [3.63, 3.8) is 0 Å². The first-order valence-electron chi connectivity index (χ1n) is 12.5. The third kappa shape index (κ3) is 6.75. The third-order valence-corrected chi connectivity index (χ3v) is 6.39. The SMILES string of the molecule is CCCCCCCCCCNC(=O)Nc1cc(-c2nn3nc(C(C)(C)C)c(Cl)c3[nH]2)ccc1C. The number of carbonyl (C=O) groups is 1. The van der Waals surface area contributed by atoms with Gasteiger partial charge in [0.1, 0.15) is 5.02 Å². The molecule has 0 aliphatic rings. The Morgan fingerprint density at radius 1 is 1.06 bits per heavy atom. The topological polar surface area (TPSA) is 87.1 Å². The molecule has 0 aliphatic carbocycles. The first kappa shape index (κ1) is 26.1. The number of aryl methyl sites for hydroxylation is 1. The average Bonchev–Trinajstić information content (AvgIpc) is 3.33. The number of aromatic nitrogens is 4. The Labute approximate surface area is 208 Å². The van der Waals surface area contributed by atoms with Gasteiger partial charge in [0.2, 0.25) is 0 Å². The Morgan fingerprint density at radius 2 is 1.74 bits per heavy atom. The number of urea groups is 1. The molecule has 0 fully saturated rings. The van der Waals surface area contributed by atoms with Crippen LogP contribution in [-0.4, -0.2) is 32.4 Å². The molecule has 2 aromatic heterocycles. The maximum Gasteiger partial charge on any atom is 0.319 e. The quantitative estimate of drug-likeness (QED) is 0.249. The summed E-state index contributed by atoms with van der Waals surface area (Å²) in [5.41, 5.74) is 3.88. The molecule has 0 bridgehead atoms. The van der Waals surface area contributed by atoms with Gasteiger partial charge in [-0.3, -0.25) is 0 Å². The van der Waals surface area contributed by atoms with Gasteiger partial charge in [-0.25, -0.2) is 4.79 Å². The van der Waals surface area contributed by atoms with Crippen LogP contribution in [0.25, 0.3) is 17.0 Å². The van der Waals surface area contributed by atoms with Gasteiger partial charge in [-0.05, 0) is 25.0 Å². The van der Waals surface area contributed by atoms with E-state index in [1.165, 1.54) is 38.5 Å². The highest BCUT2D eigenvalue weighted by molar-refractivity contribution is 6.34. The lowest BCUT2D eigenvalue weighted by Gasteiger charge is -2.14. The fourth-order valence-corrected chi connectivity index (χ4v) is 4.38. The second kappa shape index (κ2) is 11.7. The predicted octanol–water partition coefficient (Wildman–Crippen LogP) is 7.25. The lowest BCUT2D eigenvalue weighted by Crippen LogP contribution is -2.29. The van der Waals surface area contributed by atoms with Gasteiger partial charge >= 0.3 is 6.03 Å². The second-order valence-electron chi connectivity index (χ2n) is 10.1. The fourth-order valence-electron chi connectivity index (χ4n) is 3.94. The summed E-state index contributed by atoms with van der Waals surface area (Å²) in [6.45, 7) is 11.1. The van der Waals surface area contributed by atoms with Crippen molar-refractivity contribution in [2.24, 2.45) is 0 Å². The Bertz CT molecular complexity index is 1090. The van der Waals surface area contributed by atoms with Crippen molar-refractivity contribution < 1.29 is 4.79 Å². The number of halogens is 1. The van der Waals surface area contributed by atoms with E-state index >= 15 is 0 Å². The van der Waals surface area contributed by atoms with Crippen LogP contribution in [0.3, 0.4) is 0 Å². The molecule has 2 amide bonds. The minimum Gasteiger partial charge on any atom is -0.338 e. The van der Waals surface area contributed by atoms with Crippen molar-refractivity contribution in [3.05, 3.63) is 34.5 Å². The second-order valence-corrected chi connectivity index (χ2v) is 10.5. The van der Waals surface area contributed by atoms with Crippen molar-refractivity contribution >= 4 is 29.0 Å². The van der Waals surface area contributed by atoms with E-state index in [9.17, 15) is 4.79 Å². The zero-order valence-electron chi connectivity index (χ0n) is 21.2. The molecule has 7 nitrogen and oxygen atoms in total. The largest absolute Gasteiger partial charge is 0.338 e. The summed E-state index contributed by atoms with van der Waals surface area (Å²) in [5, 5.41) is 15.6. The van der Waals surface area contributed by atoms with Crippen molar-refractivity contribution in [1.82, 2.24) is 25.1 Å². The lowest BCUT2D eigenvalue weighted by molar-refractivity contribution is 0.252. The Morgan fingerprint density at radius 3 is 2.38 bits per heavy atom. The number of aromatic amines is 1. The maximum absolute atomic E-state index is 12.4. The van der Waals surface area contributed by atoms with Crippen molar-refractivity contribution in [3.8, 4) is 11.4 Å². The van der Waals surface area contributed by atoms with E-state index in [-0.39, 0.29) is 11.4 Å². The molecule has 0 saturated heterocycles. The lowest BCUT2D eigenvalue weighted by atomic mass is 9.92. The third-order valence-electron chi connectivity index (χ3n) is 6.03. The summed E-state index contributed by atoms with van der Waals surface area (Å²) in [5.74, 6) is 0.646. The van der Waals surface area contributed by atoms with Crippen LogP contribution in [-0.2, 0) is 5.41 Å². The summed E-state index contributed by atoms with van der Waals surface area (Å²) < 4.78 is 1.54. The molecule has 34 heavy (non-hydrogen) atoms. The number of hydrogen-bond donors (Lipinski definition) is 3. The maximum atomic E-state index is 12.4. The first-order chi connectivity index (χ1) is 16.2.